The van der Waals surface area contributed by atoms with Gasteiger partial charge in [0.15, 0.2) is 17.2 Å². The zero-order valence-electron chi connectivity index (χ0n) is 13.3. The van der Waals surface area contributed by atoms with E-state index in [4.69, 9.17) is 4.42 Å². The fourth-order valence-corrected chi connectivity index (χ4v) is 2.89. The number of carbonyl (C=O) groups is 1. The minimum atomic E-state index is -0.323. The first-order chi connectivity index (χ1) is 11.7. The molecule has 3 aromatic heterocycles. The zero-order chi connectivity index (χ0) is 16.5. The van der Waals surface area contributed by atoms with E-state index < -0.39 is 0 Å². The monoisotopic (exact) mass is 326 g/mol. The zero-order valence-corrected chi connectivity index (χ0v) is 13.3. The first-order valence-electron chi connectivity index (χ1n) is 7.98. The topological polar surface area (TPSA) is 97.3 Å². The van der Waals surface area contributed by atoms with Gasteiger partial charge in [0.05, 0.1) is 6.20 Å². The smallest absolute Gasteiger partial charge is 0.277 e. The SMILES string of the molecule is Cc1cnc2c(NC(=O)c3coc(C4CCNCC4)n3)cnn2c1. The molecule has 1 aliphatic rings. The van der Waals surface area contributed by atoms with E-state index in [1.807, 2.05) is 13.1 Å². The lowest BCUT2D eigenvalue weighted by molar-refractivity contribution is 0.102. The van der Waals surface area contributed by atoms with E-state index in [1.165, 1.54) is 6.26 Å². The second-order valence-corrected chi connectivity index (χ2v) is 6.01. The number of amides is 1. The van der Waals surface area contributed by atoms with Crippen LogP contribution >= 0.6 is 0 Å². The Labute approximate surface area is 138 Å². The third-order valence-corrected chi connectivity index (χ3v) is 4.18. The maximum atomic E-state index is 12.4. The van der Waals surface area contributed by atoms with Crippen molar-refractivity contribution in [3.63, 3.8) is 0 Å². The third-order valence-electron chi connectivity index (χ3n) is 4.18. The number of hydrogen-bond acceptors (Lipinski definition) is 6. The Balaban J connectivity index is 1.52. The quantitative estimate of drug-likeness (QED) is 0.761. The van der Waals surface area contributed by atoms with Gasteiger partial charge in [-0.1, -0.05) is 0 Å². The van der Waals surface area contributed by atoms with Crippen molar-refractivity contribution in [3.05, 3.63) is 42.0 Å². The van der Waals surface area contributed by atoms with Crippen LogP contribution < -0.4 is 10.6 Å². The molecule has 0 aliphatic carbocycles. The Hall–Kier alpha value is -2.74. The number of carbonyl (C=O) groups excluding carboxylic acids is 1. The standard InChI is InChI=1S/C16H18N6O2/c1-10-6-18-14-12(7-19-22(14)8-10)20-15(23)13-9-24-16(21-13)11-2-4-17-5-3-11/h6-9,11,17H,2-5H2,1H3,(H,20,23). The molecule has 0 atom stereocenters. The van der Waals surface area contributed by atoms with E-state index in [-0.39, 0.29) is 17.5 Å². The Morgan fingerprint density at radius 2 is 2.21 bits per heavy atom. The number of aryl methyl sites for hydroxylation is 1. The molecule has 124 valence electrons. The van der Waals surface area contributed by atoms with Crippen LogP contribution in [0.3, 0.4) is 0 Å². The Morgan fingerprint density at radius 1 is 1.38 bits per heavy atom. The predicted octanol–water partition coefficient (Wildman–Crippen LogP) is 1.75. The molecular weight excluding hydrogens is 308 g/mol. The third kappa shape index (κ3) is 2.76. The predicted molar refractivity (Wildman–Crippen MR) is 87.0 cm³/mol. The van der Waals surface area contributed by atoms with Crippen molar-refractivity contribution in [3.8, 4) is 0 Å². The molecule has 3 aromatic rings. The van der Waals surface area contributed by atoms with Gasteiger partial charge in [-0.25, -0.2) is 14.5 Å². The summed E-state index contributed by atoms with van der Waals surface area (Å²) in [5.41, 5.74) is 2.41. The second-order valence-electron chi connectivity index (χ2n) is 6.01. The molecular formula is C16H18N6O2. The summed E-state index contributed by atoms with van der Waals surface area (Å²) in [5.74, 6) is 0.584. The number of aromatic nitrogens is 4. The summed E-state index contributed by atoms with van der Waals surface area (Å²) in [4.78, 5) is 21.1. The first kappa shape index (κ1) is 14.8. The summed E-state index contributed by atoms with van der Waals surface area (Å²) in [6.07, 6.45) is 8.52. The molecule has 8 nitrogen and oxygen atoms in total. The van der Waals surface area contributed by atoms with Crippen LogP contribution in [0.2, 0.25) is 0 Å². The van der Waals surface area contributed by atoms with E-state index >= 15 is 0 Å². The minimum Gasteiger partial charge on any atom is -0.448 e. The molecule has 0 saturated carbocycles. The van der Waals surface area contributed by atoms with E-state index in [2.05, 4.69) is 25.7 Å². The highest BCUT2D eigenvalue weighted by atomic mass is 16.3. The van der Waals surface area contributed by atoms with Crippen LogP contribution in [-0.4, -0.2) is 38.6 Å². The minimum absolute atomic E-state index is 0.273. The van der Waals surface area contributed by atoms with Crippen LogP contribution in [0.1, 0.15) is 40.7 Å². The van der Waals surface area contributed by atoms with Crippen molar-refractivity contribution in [1.82, 2.24) is 24.9 Å². The molecule has 0 spiro atoms. The lowest BCUT2D eigenvalue weighted by atomic mass is 9.98. The summed E-state index contributed by atoms with van der Waals surface area (Å²) in [5, 5.41) is 10.3. The van der Waals surface area contributed by atoms with Crippen molar-refractivity contribution >= 4 is 17.2 Å². The van der Waals surface area contributed by atoms with Crippen molar-refractivity contribution in [2.24, 2.45) is 0 Å². The lowest BCUT2D eigenvalue weighted by Crippen LogP contribution is -2.26. The maximum absolute atomic E-state index is 12.4. The molecule has 1 aliphatic heterocycles. The normalized spacial score (nSPS) is 15.7. The van der Waals surface area contributed by atoms with Gasteiger partial charge in [0, 0.05) is 18.3 Å². The lowest BCUT2D eigenvalue weighted by Gasteiger charge is -2.19. The van der Waals surface area contributed by atoms with Crippen LogP contribution in [-0.2, 0) is 0 Å². The first-order valence-corrected chi connectivity index (χ1v) is 7.98. The molecule has 1 saturated heterocycles. The van der Waals surface area contributed by atoms with Gasteiger partial charge in [0.1, 0.15) is 12.0 Å². The van der Waals surface area contributed by atoms with Gasteiger partial charge in [0.2, 0.25) is 0 Å². The van der Waals surface area contributed by atoms with Crippen molar-refractivity contribution < 1.29 is 9.21 Å². The number of fused-ring (bicyclic) bond motifs is 1. The van der Waals surface area contributed by atoms with Crippen LogP contribution in [0.15, 0.2) is 29.3 Å². The number of rotatable bonds is 3. The summed E-state index contributed by atoms with van der Waals surface area (Å²) < 4.78 is 7.14. The maximum Gasteiger partial charge on any atom is 0.277 e. The number of oxazole rings is 1. The number of anilines is 1. The molecule has 2 N–H and O–H groups in total. The highest BCUT2D eigenvalue weighted by molar-refractivity contribution is 6.04. The highest BCUT2D eigenvalue weighted by Gasteiger charge is 2.22. The Kier molecular flexibility index (Phi) is 3.73. The van der Waals surface area contributed by atoms with Crippen molar-refractivity contribution in [2.45, 2.75) is 25.7 Å². The van der Waals surface area contributed by atoms with Crippen LogP contribution in [0.4, 0.5) is 5.69 Å². The molecule has 0 bridgehead atoms. The number of nitrogens with zero attached hydrogens (tertiary/aromatic N) is 4. The van der Waals surface area contributed by atoms with Gasteiger partial charge >= 0.3 is 0 Å². The highest BCUT2D eigenvalue weighted by Crippen LogP contribution is 2.24. The van der Waals surface area contributed by atoms with Gasteiger partial charge < -0.3 is 15.1 Å². The summed E-state index contributed by atoms with van der Waals surface area (Å²) in [6.45, 7) is 3.83. The van der Waals surface area contributed by atoms with E-state index in [0.717, 1.165) is 31.5 Å². The summed E-state index contributed by atoms with van der Waals surface area (Å²) in [7, 11) is 0. The van der Waals surface area contributed by atoms with E-state index in [0.29, 0.717) is 17.2 Å². The van der Waals surface area contributed by atoms with Crippen LogP contribution in [0.25, 0.3) is 5.65 Å². The van der Waals surface area contributed by atoms with Gasteiger partial charge in [-0.05, 0) is 38.4 Å². The second kappa shape index (κ2) is 6.04. The Bertz CT molecular complexity index is 878. The van der Waals surface area contributed by atoms with Crippen LogP contribution in [0, 0.1) is 6.92 Å². The molecule has 8 heteroatoms. The van der Waals surface area contributed by atoms with Crippen LogP contribution in [0.5, 0.6) is 0 Å². The molecule has 0 unspecified atom stereocenters. The number of piperidine rings is 1. The van der Waals surface area contributed by atoms with Crippen molar-refractivity contribution in [1.29, 1.82) is 0 Å². The average Bonchev–Trinajstić information content (AvgIpc) is 3.23. The molecule has 24 heavy (non-hydrogen) atoms. The molecule has 4 rings (SSSR count). The largest absolute Gasteiger partial charge is 0.448 e. The molecule has 4 heterocycles. The number of nitrogens with one attached hydrogen (secondary N) is 2. The fraction of sp³-hybridized carbons (Fsp3) is 0.375. The van der Waals surface area contributed by atoms with Crippen molar-refractivity contribution in [2.75, 3.05) is 18.4 Å². The molecule has 1 fully saturated rings. The van der Waals surface area contributed by atoms with E-state index in [1.54, 1.807) is 16.9 Å². The fourth-order valence-electron chi connectivity index (χ4n) is 2.89. The van der Waals surface area contributed by atoms with E-state index in [9.17, 15) is 4.79 Å². The molecule has 1 amide bonds. The average molecular weight is 326 g/mol. The van der Waals surface area contributed by atoms with Gasteiger partial charge in [-0.2, -0.15) is 5.10 Å². The van der Waals surface area contributed by atoms with Gasteiger partial charge in [-0.3, -0.25) is 4.79 Å². The number of hydrogen-bond donors (Lipinski definition) is 2. The summed E-state index contributed by atoms with van der Waals surface area (Å²) in [6, 6.07) is 0. The van der Waals surface area contributed by atoms with Gasteiger partial charge in [-0.15, -0.1) is 0 Å². The molecule has 0 radical (unpaired) electrons. The Morgan fingerprint density at radius 3 is 3.04 bits per heavy atom. The van der Waals surface area contributed by atoms with Gasteiger partial charge in [0.25, 0.3) is 5.91 Å². The molecule has 0 aromatic carbocycles. The summed E-state index contributed by atoms with van der Waals surface area (Å²) >= 11 is 0.